The minimum Gasteiger partial charge on any atom is -0.350 e. The van der Waals surface area contributed by atoms with Crippen LogP contribution < -0.4 is 5.32 Å². The smallest absolute Gasteiger partial charge is 0.220 e. The van der Waals surface area contributed by atoms with Gasteiger partial charge in [-0.2, -0.15) is 0 Å². The number of hydrogen-bond acceptors (Lipinski definition) is 2. The Balaban J connectivity index is 1.66. The summed E-state index contributed by atoms with van der Waals surface area (Å²) in [6.45, 7) is 1.98. The fraction of sp³-hybridized carbons (Fsp3) is 0.300. The van der Waals surface area contributed by atoms with E-state index in [-0.39, 0.29) is 17.7 Å². The summed E-state index contributed by atoms with van der Waals surface area (Å²) in [4.78, 5) is 23.9. The maximum atomic E-state index is 12.0. The zero-order valence-corrected chi connectivity index (χ0v) is 13.5. The molecule has 23 heavy (non-hydrogen) atoms. The van der Waals surface area contributed by atoms with E-state index in [1.54, 1.807) is 0 Å². The van der Waals surface area contributed by atoms with Gasteiger partial charge in [0.2, 0.25) is 5.91 Å². The van der Waals surface area contributed by atoms with Gasteiger partial charge in [-0.05, 0) is 25.3 Å². The Morgan fingerprint density at radius 2 is 1.43 bits per heavy atom. The van der Waals surface area contributed by atoms with Crippen molar-refractivity contribution in [2.45, 2.75) is 38.6 Å². The van der Waals surface area contributed by atoms with Crippen molar-refractivity contribution in [2.24, 2.45) is 0 Å². The summed E-state index contributed by atoms with van der Waals surface area (Å²) in [5.41, 5.74) is 1.84. The second-order valence-electron chi connectivity index (χ2n) is 5.70. The fourth-order valence-corrected chi connectivity index (χ4v) is 2.48. The number of Topliss-reactive ketones (excluding diaryl/α,β-unsaturated/α-hetero) is 1. The maximum absolute atomic E-state index is 12.0. The normalized spacial score (nSPS) is 11.7. The third kappa shape index (κ3) is 5.70. The van der Waals surface area contributed by atoms with Gasteiger partial charge in [-0.3, -0.25) is 9.59 Å². The van der Waals surface area contributed by atoms with Gasteiger partial charge < -0.3 is 5.32 Å². The molecule has 0 fully saturated rings. The van der Waals surface area contributed by atoms with Crippen LogP contribution in [0.2, 0.25) is 0 Å². The summed E-state index contributed by atoms with van der Waals surface area (Å²) in [6, 6.07) is 19.2. The monoisotopic (exact) mass is 309 g/mol. The molecule has 1 unspecified atom stereocenters. The van der Waals surface area contributed by atoms with Crippen LogP contribution in [0.4, 0.5) is 0 Å². The third-order valence-electron chi connectivity index (χ3n) is 3.83. The molecule has 0 spiro atoms. The molecular weight excluding hydrogens is 286 g/mol. The molecular formula is C20H23NO2. The number of rotatable bonds is 8. The molecule has 0 saturated carbocycles. The molecule has 2 rings (SSSR count). The van der Waals surface area contributed by atoms with Crippen LogP contribution >= 0.6 is 0 Å². The largest absolute Gasteiger partial charge is 0.350 e. The molecule has 2 aromatic carbocycles. The molecule has 0 aliphatic carbocycles. The zero-order valence-electron chi connectivity index (χ0n) is 13.5. The highest BCUT2D eigenvalue weighted by Gasteiger charge is 2.09. The predicted molar refractivity (Wildman–Crippen MR) is 92.2 cm³/mol. The van der Waals surface area contributed by atoms with Gasteiger partial charge in [0.05, 0.1) is 6.04 Å². The van der Waals surface area contributed by atoms with Crippen molar-refractivity contribution in [1.82, 2.24) is 5.32 Å². The van der Waals surface area contributed by atoms with Crippen molar-refractivity contribution < 1.29 is 9.59 Å². The SMILES string of the molecule is CC(NC(=O)CCCCC(=O)c1ccccc1)c1ccccc1. The van der Waals surface area contributed by atoms with E-state index >= 15 is 0 Å². The summed E-state index contributed by atoms with van der Waals surface area (Å²) in [7, 11) is 0. The van der Waals surface area contributed by atoms with E-state index < -0.39 is 0 Å². The van der Waals surface area contributed by atoms with Crippen molar-refractivity contribution >= 4 is 11.7 Å². The van der Waals surface area contributed by atoms with Gasteiger partial charge in [0.1, 0.15) is 0 Å². The van der Waals surface area contributed by atoms with E-state index in [1.165, 1.54) is 0 Å². The molecule has 0 bridgehead atoms. The minimum absolute atomic E-state index is 0.00894. The quantitative estimate of drug-likeness (QED) is 0.583. The van der Waals surface area contributed by atoms with Crippen LogP contribution in [0.15, 0.2) is 60.7 Å². The molecule has 0 aliphatic rings. The fourth-order valence-electron chi connectivity index (χ4n) is 2.48. The highest BCUT2D eigenvalue weighted by atomic mass is 16.1. The van der Waals surface area contributed by atoms with Crippen molar-refractivity contribution in [1.29, 1.82) is 0 Å². The van der Waals surface area contributed by atoms with E-state index in [0.29, 0.717) is 12.8 Å². The van der Waals surface area contributed by atoms with Gasteiger partial charge in [-0.25, -0.2) is 0 Å². The van der Waals surface area contributed by atoms with Gasteiger partial charge in [0.25, 0.3) is 0 Å². The lowest BCUT2D eigenvalue weighted by molar-refractivity contribution is -0.121. The Kier molecular flexibility index (Phi) is 6.55. The predicted octanol–water partition coefficient (Wildman–Crippen LogP) is 4.31. The number of benzene rings is 2. The topological polar surface area (TPSA) is 46.2 Å². The molecule has 120 valence electrons. The third-order valence-corrected chi connectivity index (χ3v) is 3.83. The Morgan fingerprint density at radius 1 is 0.870 bits per heavy atom. The second kappa shape index (κ2) is 8.89. The summed E-state index contributed by atoms with van der Waals surface area (Å²) >= 11 is 0. The van der Waals surface area contributed by atoms with Gasteiger partial charge in [-0.1, -0.05) is 60.7 Å². The Hall–Kier alpha value is -2.42. The Morgan fingerprint density at radius 3 is 2.09 bits per heavy atom. The number of amides is 1. The molecule has 0 saturated heterocycles. The average molecular weight is 309 g/mol. The molecule has 0 radical (unpaired) electrons. The highest BCUT2D eigenvalue weighted by Crippen LogP contribution is 2.12. The average Bonchev–Trinajstić information content (AvgIpc) is 2.60. The standard InChI is InChI=1S/C20H23NO2/c1-16(17-10-4-2-5-11-17)21-20(23)15-9-8-14-19(22)18-12-6-3-7-13-18/h2-7,10-13,16H,8-9,14-15H2,1H3,(H,21,23). The number of ketones is 1. The Bertz CT molecular complexity index is 623. The van der Waals surface area contributed by atoms with E-state index in [0.717, 1.165) is 24.0 Å². The van der Waals surface area contributed by atoms with Crippen molar-refractivity contribution in [3.05, 3.63) is 71.8 Å². The van der Waals surface area contributed by atoms with Crippen LogP contribution in [0.1, 0.15) is 54.6 Å². The Labute approximate surface area is 137 Å². The molecule has 3 nitrogen and oxygen atoms in total. The number of unbranched alkanes of at least 4 members (excludes halogenated alkanes) is 1. The lowest BCUT2D eigenvalue weighted by atomic mass is 10.0. The minimum atomic E-state index is 0.00894. The van der Waals surface area contributed by atoms with Gasteiger partial charge in [0, 0.05) is 18.4 Å². The van der Waals surface area contributed by atoms with Gasteiger partial charge >= 0.3 is 0 Å². The van der Waals surface area contributed by atoms with E-state index in [2.05, 4.69) is 5.32 Å². The molecule has 0 heterocycles. The van der Waals surface area contributed by atoms with Crippen molar-refractivity contribution in [3.63, 3.8) is 0 Å². The van der Waals surface area contributed by atoms with E-state index in [9.17, 15) is 9.59 Å². The van der Waals surface area contributed by atoms with E-state index in [1.807, 2.05) is 67.6 Å². The summed E-state index contributed by atoms with van der Waals surface area (Å²) in [5.74, 6) is 0.178. The van der Waals surface area contributed by atoms with Crippen LogP contribution in [0, 0.1) is 0 Å². The van der Waals surface area contributed by atoms with Crippen molar-refractivity contribution in [2.75, 3.05) is 0 Å². The molecule has 0 aromatic heterocycles. The molecule has 1 atom stereocenters. The second-order valence-corrected chi connectivity index (χ2v) is 5.70. The number of nitrogens with one attached hydrogen (secondary N) is 1. The molecule has 2 aromatic rings. The maximum Gasteiger partial charge on any atom is 0.220 e. The van der Waals surface area contributed by atoms with Crippen LogP contribution in [-0.4, -0.2) is 11.7 Å². The summed E-state index contributed by atoms with van der Waals surface area (Å²) in [6.07, 6.45) is 2.41. The number of carbonyl (C=O) groups excluding carboxylic acids is 2. The first kappa shape index (κ1) is 16.9. The first-order valence-corrected chi connectivity index (χ1v) is 8.09. The van der Waals surface area contributed by atoms with Crippen molar-refractivity contribution in [3.8, 4) is 0 Å². The van der Waals surface area contributed by atoms with Gasteiger partial charge in [0.15, 0.2) is 5.78 Å². The lowest BCUT2D eigenvalue weighted by Crippen LogP contribution is -2.26. The van der Waals surface area contributed by atoms with E-state index in [4.69, 9.17) is 0 Å². The first-order valence-electron chi connectivity index (χ1n) is 8.09. The highest BCUT2D eigenvalue weighted by molar-refractivity contribution is 5.95. The molecule has 1 amide bonds. The number of carbonyl (C=O) groups is 2. The lowest BCUT2D eigenvalue weighted by Gasteiger charge is -2.14. The molecule has 1 N–H and O–H groups in total. The first-order chi connectivity index (χ1) is 11.2. The number of hydrogen-bond donors (Lipinski definition) is 1. The van der Waals surface area contributed by atoms with Crippen LogP contribution in [0.25, 0.3) is 0 Å². The van der Waals surface area contributed by atoms with Crippen LogP contribution in [-0.2, 0) is 4.79 Å². The van der Waals surface area contributed by atoms with Crippen LogP contribution in [0.5, 0.6) is 0 Å². The zero-order chi connectivity index (χ0) is 16.5. The molecule has 3 heteroatoms. The van der Waals surface area contributed by atoms with Crippen LogP contribution in [0.3, 0.4) is 0 Å². The summed E-state index contributed by atoms with van der Waals surface area (Å²) in [5, 5.41) is 2.99. The van der Waals surface area contributed by atoms with Gasteiger partial charge in [-0.15, -0.1) is 0 Å². The summed E-state index contributed by atoms with van der Waals surface area (Å²) < 4.78 is 0. The molecule has 0 aliphatic heterocycles.